The normalized spacial score (nSPS) is 16.8. The summed E-state index contributed by atoms with van der Waals surface area (Å²) in [7, 11) is 0. The number of nitrogens with zero attached hydrogens (tertiary/aromatic N) is 1. The minimum Gasteiger partial charge on any atom is -0.455 e. The van der Waals surface area contributed by atoms with Crippen molar-refractivity contribution in [2.24, 2.45) is 5.92 Å². The van der Waals surface area contributed by atoms with Gasteiger partial charge < -0.3 is 9.64 Å². The number of fused-ring (bicyclic) bond motifs is 16. The number of allylic oxidation sites excluding steroid dienone is 3. The van der Waals surface area contributed by atoms with Gasteiger partial charge in [-0.25, -0.2) is 0 Å². The van der Waals surface area contributed by atoms with Crippen molar-refractivity contribution in [1.29, 1.82) is 0 Å². The lowest BCUT2D eigenvalue weighted by Gasteiger charge is -2.41. The van der Waals surface area contributed by atoms with E-state index >= 15 is 0 Å². The first-order valence-electron chi connectivity index (χ1n) is 22.3. The fourth-order valence-corrected chi connectivity index (χ4v) is 11.2. The van der Waals surface area contributed by atoms with Crippen LogP contribution >= 0.6 is 0 Å². The van der Waals surface area contributed by atoms with Crippen molar-refractivity contribution >= 4 is 50.3 Å². The molecule has 2 atom stereocenters. The Bertz CT molecular complexity index is 3650. The van der Waals surface area contributed by atoms with E-state index in [4.69, 9.17) is 4.74 Å². The van der Waals surface area contributed by atoms with Gasteiger partial charge in [0.05, 0.1) is 5.41 Å². The van der Waals surface area contributed by atoms with Gasteiger partial charge in [-0.05, 0) is 114 Å². The van der Waals surface area contributed by atoms with Crippen LogP contribution in [-0.4, -0.2) is 0 Å². The molecule has 64 heavy (non-hydrogen) atoms. The maximum absolute atomic E-state index is 7.23. The van der Waals surface area contributed by atoms with E-state index in [0.29, 0.717) is 5.92 Å². The predicted molar refractivity (Wildman–Crippen MR) is 265 cm³/mol. The second-order valence-electron chi connectivity index (χ2n) is 17.6. The lowest BCUT2D eigenvalue weighted by atomic mass is 9.65. The molecule has 0 fully saturated rings. The first-order chi connectivity index (χ1) is 31.7. The summed E-state index contributed by atoms with van der Waals surface area (Å²) in [6, 6.07) is 78.1. The van der Waals surface area contributed by atoms with Crippen molar-refractivity contribution in [2.45, 2.75) is 5.41 Å². The van der Waals surface area contributed by atoms with Gasteiger partial charge >= 0.3 is 0 Å². The zero-order chi connectivity index (χ0) is 41.9. The van der Waals surface area contributed by atoms with Gasteiger partial charge in [0.25, 0.3) is 0 Å². The molecule has 1 unspecified atom stereocenters. The molecule has 14 rings (SSSR count). The molecular formula is C62H39NO. The summed E-state index contributed by atoms with van der Waals surface area (Å²) in [5.41, 5.74) is 18.9. The Morgan fingerprint density at radius 3 is 1.94 bits per heavy atom. The average Bonchev–Trinajstić information content (AvgIpc) is 4.12. The van der Waals surface area contributed by atoms with Crippen molar-refractivity contribution in [2.75, 3.05) is 4.90 Å². The fraction of sp³-hybridized carbons (Fsp3) is 0.0323. The Morgan fingerprint density at radius 1 is 0.391 bits per heavy atom. The van der Waals surface area contributed by atoms with Crippen LogP contribution in [0.15, 0.2) is 224 Å². The molecule has 2 heteroatoms. The maximum atomic E-state index is 7.23. The summed E-state index contributed by atoms with van der Waals surface area (Å²) in [5.74, 6) is 2.37. The molecule has 2 nitrogen and oxygen atoms in total. The molecular weight excluding hydrogens is 775 g/mol. The molecule has 0 N–H and O–H groups in total. The van der Waals surface area contributed by atoms with Crippen molar-refractivity contribution < 1.29 is 4.74 Å². The first-order valence-corrected chi connectivity index (χ1v) is 22.3. The summed E-state index contributed by atoms with van der Waals surface area (Å²) < 4.78 is 7.23. The number of anilines is 3. The third-order valence-corrected chi connectivity index (χ3v) is 14.2. The van der Waals surface area contributed by atoms with E-state index in [-0.39, 0.29) is 0 Å². The largest absolute Gasteiger partial charge is 0.455 e. The van der Waals surface area contributed by atoms with E-state index < -0.39 is 5.41 Å². The van der Waals surface area contributed by atoms with Crippen molar-refractivity contribution in [3.05, 3.63) is 258 Å². The number of hydrogen-bond acceptors (Lipinski definition) is 2. The number of rotatable bonds is 5. The van der Waals surface area contributed by atoms with E-state index in [0.717, 1.165) is 33.9 Å². The lowest BCUT2D eigenvalue weighted by molar-refractivity contribution is 0.440. The summed E-state index contributed by atoms with van der Waals surface area (Å²) in [6.45, 7) is 0. The van der Waals surface area contributed by atoms with Crippen LogP contribution in [-0.2, 0) is 5.41 Å². The molecule has 0 bridgehead atoms. The Kier molecular flexibility index (Phi) is 7.41. The number of hydrogen-bond donors (Lipinski definition) is 0. The van der Waals surface area contributed by atoms with Gasteiger partial charge in [0, 0.05) is 45.1 Å². The van der Waals surface area contributed by atoms with Gasteiger partial charge in [0.2, 0.25) is 0 Å². The van der Waals surface area contributed by atoms with Crippen LogP contribution in [0.4, 0.5) is 17.1 Å². The van der Waals surface area contributed by atoms with Crippen molar-refractivity contribution in [3.8, 4) is 44.9 Å². The summed E-state index contributed by atoms with van der Waals surface area (Å²) in [6.07, 6.45) is 6.98. The van der Waals surface area contributed by atoms with Crippen LogP contribution in [0, 0.1) is 5.92 Å². The third-order valence-electron chi connectivity index (χ3n) is 14.2. The molecule has 10 aromatic rings. The first kappa shape index (κ1) is 35.4. The molecule has 298 valence electrons. The van der Waals surface area contributed by atoms with Gasteiger partial charge in [-0.3, -0.25) is 0 Å². The predicted octanol–water partition coefficient (Wildman–Crippen LogP) is 16.3. The van der Waals surface area contributed by atoms with Gasteiger partial charge in [0.1, 0.15) is 11.5 Å². The van der Waals surface area contributed by atoms with Crippen LogP contribution < -0.4 is 9.64 Å². The second kappa shape index (κ2) is 13.4. The molecule has 0 amide bonds. The fourth-order valence-electron chi connectivity index (χ4n) is 11.2. The summed E-state index contributed by atoms with van der Waals surface area (Å²) in [4.78, 5) is 2.38. The molecule has 4 aliphatic rings. The second-order valence-corrected chi connectivity index (χ2v) is 17.6. The van der Waals surface area contributed by atoms with Gasteiger partial charge in [-0.15, -0.1) is 0 Å². The molecule has 0 aromatic heterocycles. The van der Waals surface area contributed by atoms with Crippen LogP contribution in [0.3, 0.4) is 0 Å². The molecule has 0 radical (unpaired) electrons. The highest BCUT2D eigenvalue weighted by molar-refractivity contribution is 5.99. The van der Waals surface area contributed by atoms with Gasteiger partial charge in [-0.1, -0.05) is 188 Å². The highest BCUT2D eigenvalue weighted by atomic mass is 16.5. The van der Waals surface area contributed by atoms with Gasteiger partial charge in [-0.2, -0.15) is 0 Å². The van der Waals surface area contributed by atoms with Crippen molar-refractivity contribution in [3.63, 3.8) is 0 Å². The van der Waals surface area contributed by atoms with E-state index in [9.17, 15) is 0 Å². The molecule has 0 saturated carbocycles. The smallest absolute Gasteiger partial charge is 0.140 e. The minimum absolute atomic E-state index is 0.448. The molecule has 1 heterocycles. The van der Waals surface area contributed by atoms with E-state index in [1.54, 1.807) is 0 Å². The van der Waals surface area contributed by atoms with Crippen molar-refractivity contribution in [1.82, 2.24) is 0 Å². The van der Waals surface area contributed by atoms with Crippen LogP contribution in [0.2, 0.25) is 0 Å². The van der Waals surface area contributed by atoms with E-state index in [1.165, 1.54) is 88.5 Å². The molecule has 10 aromatic carbocycles. The molecule has 1 aliphatic heterocycles. The number of benzene rings is 10. The Labute approximate surface area is 372 Å². The molecule has 3 aliphatic carbocycles. The van der Waals surface area contributed by atoms with E-state index in [2.05, 4.69) is 235 Å². The minimum atomic E-state index is -0.562. The highest BCUT2D eigenvalue weighted by Crippen LogP contribution is 2.65. The summed E-state index contributed by atoms with van der Waals surface area (Å²) in [5, 5.41) is 4.76. The quantitative estimate of drug-likeness (QED) is 0.172. The summed E-state index contributed by atoms with van der Waals surface area (Å²) >= 11 is 0. The monoisotopic (exact) mass is 813 g/mol. The molecule has 1 spiro atoms. The Balaban J connectivity index is 0.922. The standard InChI is InChI=1S/C62H39NO/c1-2-11-39(12-3-1)44-16-10-17-48(35-44)63(49-29-23-40-13-4-5-15-43(40)36-49)47-27-21-41(22-28-47)45-26-32-57-55(37-45)52-19-8-9-20-56(52)62(57)58-33-25-42-14-6-7-18-50(42)60(58)64-61-53-30-24-46-38-54(46)51(53)31-34-59(61)62/h1-38,46H/t46-,62?/m1/s1. The van der Waals surface area contributed by atoms with Crippen LogP contribution in [0.25, 0.3) is 66.6 Å². The molecule has 0 saturated heterocycles. The Morgan fingerprint density at radius 2 is 1.03 bits per heavy atom. The zero-order valence-corrected chi connectivity index (χ0v) is 34.9. The topological polar surface area (TPSA) is 12.5 Å². The Hall–Kier alpha value is -8.20. The third kappa shape index (κ3) is 5.08. The SMILES string of the molecule is C1=C[C@@H]2C=C2c2ccc3c(c21)Oc1c(ccc2ccccc12)C31c2ccccc2-c2cc(-c3ccc(N(c4cccc(-c5ccccc5)c4)c4ccc5ccccc5c4)cc3)ccc21. The van der Waals surface area contributed by atoms with E-state index in [1.807, 2.05) is 0 Å². The van der Waals surface area contributed by atoms with Crippen LogP contribution in [0.5, 0.6) is 11.5 Å². The number of ether oxygens (including phenoxy) is 1. The maximum Gasteiger partial charge on any atom is 0.140 e. The average molecular weight is 814 g/mol. The zero-order valence-electron chi connectivity index (χ0n) is 34.9. The highest BCUT2D eigenvalue weighted by Gasteiger charge is 2.52. The van der Waals surface area contributed by atoms with Gasteiger partial charge in [0.15, 0.2) is 0 Å². The van der Waals surface area contributed by atoms with Crippen LogP contribution in [0.1, 0.15) is 33.4 Å². The lowest BCUT2D eigenvalue weighted by Crippen LogP contribution is -2.32.